The Hall–Kier alpha value is -5.81. The summed E-state index contributed by atoms with van der Waals surface area (Å²) in [6.45, 7) is 1.87. The SMILES string of the molecule is COc1cc(F)c(F)c(C(=O)c2cnc(NC3CCN(S(C)(=O)=O)CC3)nc2N)c1OC.COc1cc(F)c(F)c(C(=O)c2cnc(S(C)=O)nc2N)c1OC.CS(=O)(=O)N1CCC(N)CC1. The largest absolute Gasteiger partial charge is 0.493 e. The number of aromatic nitrogens is 4. The van der Waals surface area contributed by atoms with Crippen LogP contribution in [0, 0.1) is 23.3 Å². The van der Waals surface area contributed by atoms with Crippen molar-refractivity contribution < 1.29 is 67.1 Å². The molecule has 2 fully saturated rings. The smallest absolute Gasteiger partial charge is 0.224 e. The zero-order chi connectivity index (χ0) is 50.1. The van der Waals surface area contributed by atoms with Crippen LogP contribution in [0.3, 0.4) is 0 Å². The fourth-order valence-corrected chi connectivity index (χ4v) is 8.79. The van der Waals surface area contributed by atoms with Gasteiger partial charge in [0.25, 0.3) is 0 Å². The van der Waals surface area contributed by atoms with Crippen LogP contribution in [-0.4, -0.2) is 147 Å². The number of piperidine rings is 2. The van der Waals surface area contributed by atoms with Crippen molar-refractivity contribution in [3.05, 3.63) is 70.0 Å². The molecule has 368 valence electrons. The minimum atomic E-state index is -3.25. The fraction of sp³-hybridized carbons (Fsp3) is 0.436. The zero-order valence-corrected chi connectivity index (χ0v) is 39.7. The van der Waals surface area contributed by atoms with Crippen molar-refractivity contribution in [2.75, 3.05) is 90.2 Å². The minimum absolute atomic E-state index is 0.0895. The van der Waals surface area contributed by atoms with Crippen LogP contribution in [0.5, 0.6) is 23.0 Å². The molecule has 1 unspecified atom stereocenters. The number of sulfonamides is 2. The van der Waals surface area contributed by atoms with Gasteiger partial charge >= 0.3 is 0 Å². The summed E-state index contributed by atoms with van der Waals surface area (Å²) in [6.07, 6.45) is 8.46. The first kappa shape index (κ1) is 53.8. The fourth-order valence-electron chi connectivity index (χ4n) is 6.61. The number of hydrogen-bond acceptors (Lipinski definition) is 19. The molecule has 4 aromatic rings. The van der Waals surface area contributed by atoms with Gasteiger partial charge in [0.05, 0.1) is 62.9 Å². The monoisotopic (exact) mass is 1010 g/mol. The summed E-state index contributed by atoms with van der Waals surface area (Å²) in [5.74, 6) is -8.69. The van der Waals surface area contributed by atoms with E-state index < -0.39 is 76.8 Å². The molecule has 21 nitrogen and oxygen atoms in total. The molecular weight excluding hydrogens is 957 g/mol. The summed E-state index contributed by atoms with van der Waals surface area (Å²) in [4.78, 5) is 41.1. The van der Waals surface area contributed by atoms with Gasteiger partial charge in [0, 0.05) is 69.0 Å². The third kappa shape index (κ3) is 13.2. The number of rotatable bonds is 13. The topological polar surface area (TPSA) is 305 Å². The molecule has 0 amide bonds. The lowest BCUT2D eigenvalue weighted by atomic mass is 10.0. The number of nitrogen functional groups attached to an aromatic ring is 2. The predicted molar refractivity (Wildman–Crippen MR) is 238 cm³/mol. The highest BCUT2D eigenvalue weighted by molar-refractivity contribution is 7.88. The highest BCUT2D eigenvalue weighted by Crippen LogP contribution is 2.38. The van der Waals surface area contributed by atoms with Gasteiger partial charge in [-0.25, -0.2) is 58.0 Å². The van der Waals surface area contributed by atoms with Crippen LogP contribution in [0.1, 0.15) is 57.5 Å². The number of carbonyl (C=O) groups is 2. The number of ketones is 2. The number of halogens is 4. The second-order valence-corrected chi connectivity index (χ2v) is 19.9. The summed E-state index contributed by atoms with van der Waals surface area (Å²) in [6, 6.07) is 1.62. The van der Waals surface area contributed by atoms with E-state index in [-0.39, 0.29) is 68.9 Å². The molecule has 0 saturated carbocycles. The lowest BCUT2D eigenvalue weighted by Crippen LogP contribution is -2.42. The van der Waals surface area contributed by atoms with Gasteiger partial charge in [-0.1, -0.05) is 0 Å². The Labute approximate surface area is 386 Å². The lowest BCUT2D eigenvalue weighted by molar-refractivity contribution is 0.102. The number of methoxy groups -OCH3 is 4. The van der Waals surface area contributed by atoms with E-state index in [0.717, 1.165) is 43.6 Å². The Morgan fingerprint density at radius 1 is 0.701 bits per heavy atom. The Bertz CT molecular complexity index is 2730. The van der Waals surface area contributed by atoms with E-state index in [1.165, 1.54) is 49.6 Å². The van der Waals surface area contributed by atoms with Crippen LogP contribution in [0.2, 0.25) is 0 Å². The van der Waals surface area contributed by atoms with Crippen molar-refractivity contribution in [3.63, 3.8) is 0 Å². The molecule has 1 atom stereocenters. The number of anilines is 3. The maximum atomic E-state index is 14.5. The number of nitrogens with one attached hydrogen (secondary N) is 1. The standard InChI is InChI=1S/C19H23F2N5O5S.C14H13F2N3O4S.C6H14N2O2S/c1-30-13-8-12(20)15(21)14(17(13)31-2)16(27)11-9-23-19(25-18(11)22)24-10-4-6-26(7-5-10)32(3,28)29;1-22-8-4-7(15)10(16)9(12(8)23-2)11(20)6-5-18-14(24(3)21)19-13(6)17;1-11(9,10)8-4-2-6(7)3-5-8/h8-10H,4-7H2,1-3H3,(H3,22,23,24,25);4-5H,1-3H3,(H2,17,18,19);6H,2-5,7H2,1H3. The Kier molecular flexibility index (Phi) is 18.3. The number of ether oxygens (including phenoxy) is 4. The van der Waals surface area contributed by atoms with Gasteiger partial charge in [0.2, 0.25) is 42.7 Å². The Morgan fingerprint density at radius 3 is 1.46 bits per heavy atom. The first-order chi connectivity index (χ1) is 31.4. The third-order valence-corrected chi connectivity index (χ3v) is 13.5. The molecule has 0 radical (unpaired) electrons. The van der Waals surface area contributed by atoms with E-state index >= 15 is 0 Å². The normalized spacial score (nSPS) is 15.5. The average Bonchev–Trinajstić information content (AvgIpc) is 3.27. The van der Waals surface area contributed by atoms with E-state index in [0.29, 0.717) is 39.0 Å². The number of hydrogen-bond donors (Lipinski definition) is 4. The van der Waals surface area contributed by atoms with E-state index in [4.69, 9.17) is 36.1 Å². The maximum Gasteiger partial charge on any atom is 0.224 e. The zero-order valence-electron chi connectivity index (χ0n) is 37.3. The third-order valence-electron chi connectivity index (χ3n) is 10.2. The van der Waals surface area contributed by atoms with E-state index in [1.54, 1.807) is 0 Å². The van der Waals surface area contributed by atoms with E-state index in [9.17, 15) is 48.2 Å². The molecule has 6 rings (SSSR count). The molecular formula is C39H50F4N10O11S3. The summed E-state index contributed by atoms with van der Waals surface area (Å²) < 4.78 is 136. The van der Waals surface area contributed by atoms with Crippen molar-refractivity contribution in [1.29, 1.82) is 0 Å². The van der Waals surface area contributed by atoms with Crippen LogP contribution in [-0.2, 0) is 30.8 Å². The van der Waals surface area contributed by atoms with Crippen LogP contribution >= 0.6 is 0 Å². The van der Waals surface area contributed by atoms with Crippen LogP contribution in [0.25, 0.3) is 0 Å². The molecule has 2 aliphatic rings. The van der Waals surface area contributed by atoms with Crippen molar-refractivity contribution in [3.8, 4) is 23.0 Å². The highest BCUT2D eigenvalue weighted by atomic mass is 32.2. The highest BCUT2D eigenvalue weighted by Gasteiger charge is 2.31. The molecule has 0 bridgehead atoms. The molecule has 2 saturated heterocycles. The minimum Gasteiger partial charge on any atom is -0.493 e. The summed E-state index contributed by atoms with van der Waals surface area (Å²) in [5, 5.41) is 2.96. The second-order valence-electron chi connectivity index (χ2n) is 14.7. The van der Waals surface area contributed by atoms with Crippen molar-refractivity contribution in [1.82, 2.24) is 28.5 Å². The Morgan fingerprint density at radius 2 is 1.10 bits per heavy atom. The molecule has 2 aliphatic heterocycles. The van der Waals surface area contributed by atoms with Crippen LogP contribution in [0.15, 0.2) is 29.7 Å². The maximum absolute atomic E-state index is 14.5. The van der Waals surface area contributed by atoms with E-state index in [2.05, 4.69) is 25.3 Å². The summed E-state index contributed by atoms with van der Waals surface area (Å²) in [5.41, 5.74) is 15.3. The second kappa shape index (κ2) is 22.8. The van der Waals surface area contributed by atoms with E-state index in [1.807, 2.05) is 0 Å². The van der Waals surface area contributed by atoms with Gasteiger partial charge in [0.1, 0.15) is 22.8 Å². The molecule has 0 aliphatic carbocycles. The number of benzene rings is 2. The average molecular weight is 1010 g/mol. The molecule has 4 heterocycles. The van der Waals surface area contributed by atoms with Crippen molar-refractivity contribution in [2.24, 2.45) is 5.73 Å². The van der Waals surface area contributed by atoms with Gasteiger partial charge in [-0.3, -0.25) is 13.8 Å². The Balaban J connectivity index is 0.000000245. The number of nitrogens with two attached hydrogens (primary N) is 3. The lowest BCUT2D eigenvalue weighted by Gasteiger charge is -2.30. The van der Waals surface area contributed by atoms with Gasteiger partial charge in [-0.05, 0) is 25.7 Å². The molecule has 67 heavy (non-hydrogen) atoms. The van der Waals surface area contributed by atoms with Crippen LogP contribution in [0.4, 0.5) is 35.1 Å². The van der Waals surface area contributed by atoms with Crippen LogP contribution < -0.4 is 41.5 Å². The van der Waals surface area contributed by atoms with Gasteiger partial charge in [-0.2, -0.15) is 4.98 Å². The molecule has 2 aromatic heterocycles. The summed E-state index contributed by atoms with van der Waals surface area (Å²) >= 11 is 0. The first-order valence-electron chi connectivity index (χ1n) is 19.7. The van der Waals surface area contributed by atoms with Gasteiger partial charge in [-0.15, -0.1) is 0 Å². The van der Waals surface area contributed by atoms with Gasteiger partial charge in [0.15, 0.2) is 46.3 Å². The van der Waals surface area contributed by atoms with Gasteiger partial charge < -0.3 is 41.5 Å². The first-order valence-corrected chi connectivity index (χ1v) is 24.9. The molecule has 0 spiro atoms. The summed E-state index contributed by atoms with van der Waals surface area (Å²) in [7, 11) is -2.93. The molecule has 7 N–H and O–H groups in total. The van der Waals surface area contributed by atoms with Crippen molar-refractivity contribution in [2.45, 2.75) is 42.9 Å². The number of nitrogens with zero attached hydrogens (tertiary/aromatic N) is 6. The quantitative estimate of drug-likeness (QED) is 0.0847. The number of carbonyl (C=O) groups excluding carboxylic acids is 2. The van der Waals surface area contributed by atoms with Crippen molar-refractivity contribution >= 4 is 60.0 Å². The predicted octanol–water partition coefficient (Wildman–Crippen LogP) is 2.11. The molecule has 28 heteroatoms. The molecule has 2 aromatic carbocycles.